The van der Waals surface area contributed by atoms with Crippen molar-refractivity contribution in [3.63, 3.8) is 0 Å². The smallest absolute Gasteiger partial charge is 0.279 e. The molecule has 1 aliphatic rings. The third-order valence-electron chi connectivity index (χ3n) is 5.15. The zero-order valence-electron chi connectivity index (χ0n) is 17.7. The molecule has 2 amide bonds. The van der Waals surface area contributed by atoms with Gasteiger partial charge in [-0.15, -0.1) is 0 Å². The molecule has 1 saturated heterocycles. The Morgan fingerprint density at radius 3 is 2.20 bits per heavy atom. The van der Waals surface area contributed by atoms with E-state index in [0.717, 1.165) is 23.7 Å². The highest BCUT2D eigenvalue weighted by Gasteiger charge is 2.15. The van der Waals surface area contributed by atoms with Crippen LogP contribution in [0.25, 0.3) is 0 Å². The van der Waals surface area contributed by atoms with Gasteiger partial charge in [0.25, 0.3) is 11.8 Å². The van der Waals surface area contributed by atoms with Gasteiger partial charge in [0.1, 0.15) is 5.75 Å². The Bertz CT molecular complexity index is 848. The number of hydrogen-bond donors (Lipinski definition) is 3. The lowest BCUT2D eigenvalue weighted by atomic mass is 10.1. The number of benzene rings is 2. The van der Waals surface area contributed by atoms with E-state index in [4.69, 9.17) is 4.74 Å². The van der Waals surface area contributed by atoms with Crippen molar-refractivity contribution in [2.45, 2.75) is 19.3 Å². The summed E-state index contributed by atoms with van der Waals surface area (Å²) in [5, 5.41) is 5.75. The number of carbonyl (C=O) groups is 2. The molecule has 1 heterocycles. The van der Waals surface area contributed by atoms with E-state index in [9.17, 15) is 9.59 Å². The number of nitrogens with one attached hydrogen (secondary N) is 3. The summed E-state index contributed by atoms with van der Waals surface area (Å²) in [6.07, 6.45) is 3.77. The number of rotatable bonds is 8. The van der Waals surface area contributed by atoms with Gasteiger partial charge >= 0.3 is 0 Å². The highest BCUT2D eigenvalue weighted by molar-refractivity contribution is 5.93. The molecule has 0 bridgehead atoms. The van der Waals surface area contributed by atoms with Crippen LogP contribution < -0.4 is 25.2 Å². The fourth-order valence-electron chi connectivity index (χ4n) is 3.63. The van der Waals surface area contributed by atoms with Crippen molar-refractivity contribution in [2.24, 2.45) is 0 Å². The normalized spacial score (nSPS) is 14.7. The Hall–Kier alpha value is -3.06. The van der Waals surface area contributed by atoms with Gasteiger partial charge in [-0.2, -0.15) is 0 Å². The van der Waals surface area contributed by atoms with Gasteiger partial charge in [-0.3, -0.25) is 9.59 Å². The Morgan fingerprint density at radius 2 is 1.57 bits per heavy atom. The fourth-order valence-corrected chi connectivity index (χ4v) is 3.63. The third kappa shape index (κ3) is 6.49. The first-order valence-corrected chi connectivity index (χ1v) is 10.4. The molecule has 1 atom stereocenters. The van der Waals surface area contributed by atoms with Crippen LogP contribution in [0, 0.1) is 0 Å². The van der Waals surface area contributed by atoms with Crippen LogP contribution in [-0.2, 0) is 9.59 Å². The number of anilines is 3. The number of piperidine rings is 1. The first-order chi connectivity index (χ1) is 14.5. The van der Waals surface area contributed by atoms with Crippen LogP contribution >= 0.6 is 0 Å². The van der Waals surface area contributed by atoms with Crippen molar-refractivity contribution in [3.8, 4) is 5.75 Å². The zero-order valence-corrected chi connectivity index (χ0v) is 17.7. The van der Waals surface area contributed by atoms with Gasteiger partial charge in [-0.05, 0) is 55.7 Å². The summed E-state index contributed by atoms with van der Waals surface area (Å²) in [7, 11) is 3.41. The Balaban J connectivity index is 1.44. The first-order valence-electron chi connectivity index (χ1n) is 10.4. The second-order valence-corrected chi connectivity index (χ2v) is 7.73. The standard InChI is InChI=1S/C23H30N4O3/c1-26(17-23(29)25-19-7-6-8-21(15-19)30-2)16-22(28)24-18-9-11-20(12-10-18)27-13-4-3-5-14-27/h6-12,15H,3-5,13-14,16-17H2,1-2H3,(H,24,28)(H,25,29)/p+1. The second-order valence-electron chi connectivity index (χ2n) is 7.73. The van der Waals surface area contributed by atoms with Gasteiger partial charge in [-0.25, -0.2) is 0 Å². The average molecular weight is 412 g/mol. The van der Waals surface area contributed by atoms with Crippen molar-refractivity contribution in [1.29, 1.82) is 0 Å². The number of methoxy groups -OCH3 is 1. The number of likely N-dealkylation sites (N-methyl/N-ethyl adjacent to an activating group) is 1. The molecule has 3 rings (SSSR count). The zero-order chi connectivity index (χ0) is 21.3. The second kappa shape index (κ2) is 10.6. The Labute approximate surface area is 178 Å². The molecule has 0 saturated carbocycles. The van der Waals surface area contributed by atoms with E-state index in [0.29, 0.717) is 11.4 Å². The van der Waals surface area contributed by atoms with E-state index < -0.39 is 0 Å². The van der Waals surface area contributed by atoms with Crippen LogP contribution in [0.4, 0.5) is 17.1 Å². The molecule has 7 nitrogen and oxygen atoms in total. The Morgan fingerprint density at radius 1 is 0.933 bits per heavy atom. The minimum atomic E-state index is -0.153. The van der Waals surface area contributed by atoms with Gasteiger partial charge < -0.3 is 25.2 Å². The molecule has 3 N–H and O–H groups in total. The van der Waals surface area contributed by atoms with Crippen molar-refractivity contribution >= 4 is 28.9 Å². The van der Waals surface area contributed by atoms with E-state index >= 15 is 0 Å². The van der Waals surface area contributed by atoms with E-state index in [-0.39, 0.29) is 24.9 Å². The third-order valence-corrected chi connectivity index (χ3v) is 5.15. The van der Waals surface area contributed by atoms with Gasteiger partial charge in [0.2, 0.25) is 0 Å². The molecule has 1 aliphatic heterocycles. The molecule has 2 aromatic rings. The van der Waals surface area contributed by atoms with E-state index in [2.05, 4.69) is 27.7 Å². The van der Waals surface area contributed by atoms with Crippen molar-refractivity contribution < 1.29 is 19.2 Å². The van der Waals surface area contributed by atoms with Gasteiger partial charge in [-0.1, -0.05) is 6.07 Å². The van der Waals surface area contributed by atoms with Gasteiger partial charge in [0.15, 0.2) is 13.1 Å². The van der Waals surface area contributed by atoms with Crippen molar-refractivity contribution in [2.75, 3.05) is 55.9 Å². The number of ether oxygens (including phenoxy) is 1. The highest BCUT2D eigenvalue weighted by atomic mass is 16.5. The molecule has 160 valence electrons. The Kier molecular flexibility index (Phi) is 7.68. The quantitative estimate of drug-likeness (QED) is 0.619. The SMILES string of the molecule is COc1cccc(NC(=O)C[NH+](C)CC(=O)Nc2ccc(N3CCCCC3)cc2)c1. The maximum absolute atomic E-state index is 12.3. The average Bonchev–Trinajstić information content (AvgIpc) is 2.74. The molecule has 0 radical (unpaired) electrons. The number of hydrogen-bond acceptors (Lipinski definition) is 4. The predicted molar refractivity (Wildman–Crippen MR) is 119 cm³/mol. The topological polar surface area (TPSA) is 75.1 Å². The summed E-state index contributed by atoms with van der Waals surface area (Å²) in [6, 6.07) is 15.2. The van der Waals surface area contributed by atoms with Crippen LogP contribution in [0.5, 0.6) is 5.75 Å². The first kappa shape index (κ1) is 21.6. The summed E-state index contributed by atoms with van der Waals surface area (Å²) in [4.78, 5) is 27.8. The number of quaternary nitrogens is 1. The van der Waals surface area contributed by atoms with E-state index in [1.54, 1.807) is 19.2 Å². The van der Waals surface area contributed by atoms with Crippen molar-refractivity contribution in [1.82, 2.24) is 0 Å². The molecule has 0 spiro atoms. The fraction of sp³-hybridized carbons (Fsp3) is 0.391. The maximum Gasteiger partial charge on any atom is 0.279 e. The van der Waals surface area contributed by atoms with Crippen LogP contribution in [0.15, 0.2) is 48.5 Å². The largest absolute Gasteiger partial charge is 0.497 e. The van der Waals surface area contributed by atoms with Gasteiger partial charge in [0.05, 0.1) is 14.2 Å². The molecule has 0 aromatic heterocycles. The molecule has 30 heavy (non-hydrogen) atoms. The molecule has 1 fully saturated rings. The maximum atomic E-state index is 12.3. The molecular formula is C23H31N4O3+. The lowest BCUT2D eigenvalue weighted by Gasteiger charge is -2.28. The van der Waals surface area contributed by atoms with E-state index in [1.165, 1.54) is 24.9 Å². The van der Waals surface area contributed by atoms with Crippen LogP contribution in [0.2, 0.25) is 0 Å². The molecular weight excluding hydrogens is 380 g/mol. The monoisotopic (exact) mass is 411 g/mol. The summed E-state index contributed by atoms with van der Waals surface area (Å²) < 4.78 is 5.16. The predicted octanol–water partition coefficient (Wildman–Crippen LogP) is 1.78. The lowest BCUT2D eigenvalue weighted by Crippen LogP contribution is -3.11. The minimum Gasteiger partial charge on any atom is -0.497 e. The number of amides is 2. The van der Waals surface area contributed by atoms with Crippen LogP contribution in [-0.4, -0.2) is 52.2 Å². The highest BCUT2D eigenvalue weighted by Crippen LogP contribution is 2.21. The summed E-state index contributed by atoms with van der Waals surface area (Å²) in [5.41, 5.74) is 2.64. The summed E-state index contributed by atoms with van der Waals surface area (Å²) in [5.74, 6) is 0.408. The minimum absolute atomic E-state index is 0.118. The molecule has 1 unspecified atom stereocenters. The van der Waals surface area contributed by atoms with E-state index in [1.807, 2.05) is 31.3 Å². The lowest BCUT2D eigenvalue weighted by molar-refractivity contribution is -0.862. The van der Waals surface area contributed by atoms with Crippen molar-refractivity contribution in [3.05, 3.63) is 48.5 Å². The molecule has 2 aromatic carbocycles. The summed E-state index contributed by atoms with van der Waals surface area (Å²) in [6.45, 7) is 2.59. The number of carbonyl (C=O) groups excluding carboxylic acids is 2. The van der Waals surface area contributed by atoms with Crippen LogP contribution in [0.3, 0.4) is 0 Å². The molecule has 7 heteroatoms. The molecule has 0 aliphatic carbocycles. The summed E-state index contributed by atoms with van der Waals surface area (Å²) >= 11 is 0. The van der Waals surface area contributed by atoms with Gasteiger partial charge in [0, 0.05) is 36.2 Å². The van der Waals surface area contributed by atoms with Crippen LogP contribution in [0.1, 0.15) is 19.3 Å². The number of nitrogens with zero attached hydrogens (tertiary/aromatic N) is 1.